The minimum Gasteiger partial charge on any atom is -0.494 e. The first-order chi connectivity index (χ1) is 13.6. The van der Waals surface area contributed by atoms with E-state index in [1.165, 1.54) is 11.8 Å². The molecule has 2 aromatic carbocycles. The molecule has 0 bridgehead atoms. The quantitative estimate of drug-likeness (QED) is 0.505. The summed E-state index contributed by atoms with van der Waals surface area (Å²) in [4.78, 5) is 19.1. The number of hydrogen-bond donors (Lipinski definition) is 0. The van der Waals surface area contributed by atoms with Crippen LogP contribution in [0, 0.1) is 0 Å². The third-order valence-corrected chi connectivity index (χ3v) is 5.94. The Hall–Kier alpha value is -1.69. The second-order valence-corrected chi connectivity index (χ2v) is 8.16. The summed E-state index contributed by atoms with van der Waals surface area (Å²) in [7, 11) is 0. The van der Waals surface area contributed by atoms with Crippen LogP contribution in [0.3, 0.4) is 0 Å². The van der Waals surface area contributed by atoms with Gasteiger partial charge in [0.2, 0.25) is 0 Å². The standard InChI is InChI=1S/C21H22Cl2N2O2S/c1-2-3-12-27-18-8-5-15(6-9-18)20(26)25-11-10-24-21(25)28-14-16-4-7-17(22)13-19(16)23/h4-9,13H,2-3,10-12,14H2,1H3. The number of thioether (sulfide) groups is 1. The smallest absolute Gasteiger partial charge is 0.259 e. The van der Waals surface area contributed by atoms with Crippen LogP contribution < -0.4 is 4.74 Å². The van der Waals surface area contributed by atoms with Crippen LogP contribution in [0.4, 0.5) is 0 Å². The molecule has 0 N–H and O–H groups in total. The SMILES string of the molecule is CCCCOc1ccc(C(=O)N2CCN=C2SCc2ccc(Cl)cc2Cl)cc1. The van der Waals surface area contributed by atoms with E-state index in [0.717, 1.165) is 29.3 Å². The van der Waals surface area contributed by atoms with Crippen LogP contribution in [-0.2, 0) is 5.75 Å². The van der Waals surface area contributed by atoms with E-state index in [2.05, 4.69) is 11.9 Å². The monoisotopic (exact) mass is 436 g/mol. The van der Waals surface area contributed by atoms with Gasteiger partial charge in [0.05, 0.1) is 13.2 Å². The van der Waals surface area contributed by atoms with E-state index in [-0.39, 0.29) is 5.91 Å². The lowest BCUT2D eigenvalue weighted by Crippen LogP contribution is -2.32. The van der Waals surface area contributed by atoms with Gasteiger partial charge in [0.15, 0.2) is 5.17 Å². The lowest BCUT2D eigenvalue weighted by atomic mass is 10.2. The van der Waals surface area contributed by atoms with Gasteiger partial charge in [-0.05, 0) is 48.4 Å². The Morgan fingerprint density at radius 1 is 1.21 bits per heavy atom. The molecule has 28 heavy (non-hydrogen) atoms. The zero-order chi connectivity index (χ0) is 19.9. The van der Waals surface area contributed by atoms with Crippen LogP contribution in [0.15, 0.2) is 47.5 Å². The van der Waals surface area contributed by atoms with Crippen LogP contribution in [-0.4, -0.2) is 35.7 Å². The molecule has 0 aliphatic carbocycles. The molecule has 1 amide bonds. The van der Waals surface area contributed by atoms with Crippen LogP contribution in [0.5, 0.6) is 5.75 Å². The normalized spacial score (nSPS) is 13.5. The molecule has 148 valence electrons. The minimum absolute atomic E-state index is 0.0499. The Morgan fingerprint density at radius 3 is 2.71 bits per heavy atom. The molecule has 0 fully saturated rings. The number of aliphatic imine (C=N–C) groups is 1. The highest BCUT2D eigenvalue weighted by Crippen LogP contribution is 2.27. The van der Waals surface area contributed by atoms with Gasteiger partial charge >= 0.3 is 0 Å². The number of amides is 1. The summed E-state index contributed by atoms with van der Waals surface area (Å²) in [6.45, 7) is 4.01. The lowest BCUT2D eigenvalue weighted by Gasteiger charge is -2.18. The van der Waals surface area contributed by atoms with Crippen molar-refractivity contribution in [3.8, 4) is 5.75 Å². The average molecular weight is 437 g/mol. The molecular weight excluding hydrogens is 415 g/mol. The second kappa shape index (κ2) is 10.2. The molecule has 0 unspecified atom stereocenters. The minimum atomic E-state index is -0.0499. The number of amidine groups is 1. The molecule has 7 heteroatoms. The van der Waals surface area contributed by atoms with Crippen molar-refractivity contribution in [2.75, 3.05) is 19.7 Å². The van der Waals surface area contributed by atoms with E-state index in [0.29, 0.717) is 41.1 Å². The maximum atomic E-state index is 12.9. The van der Waals surface area contributed by atoms with Crippen molar-refractivity contribution in [3.05, 3.63) is 63.6 Å². The number of hydrogen-bond acceptors (Lipinski definition) is 4. The Morgan fingerprint density at radius 2 is 2.00 bits per heavy atom. The second-order valence-electron chi connectivity index (χ2n) is 6.37. The molecule has 1 aliphatic heterocycles. The zero-order valence-electron chi connectivity index (χ0n) is 15.7. The van der Waals surface area contributed by atoms with Gasteiger partial charge in [-0.25, -0.2) is 0 Å². The van der Waals surface area contributed by atoms with E-state index in [4.69, 9.17) is 27.9 Å². The van der Waals surface area contributed by atoms with E-state index >= 15 is 0 Å². The number of benzene rings is 2. The molecule has 0 saturated carbocycles. The van der Waals surface area contributed by atoms with Gasteiger partial charge in [0, 0.05) is 27.9 Å². The van der Waals surface area contributed by atoms with Gasteiger partial charge < -0.3 is 4.74 Å². The van der Waals surface area contributed by atoms with Crippen molar-refractivity contribution in [2.24, 2.45) is 4.99 Å². The van der Waals surface area contributed by atoms with Gasteiger partial charge in [0.1, 0.15) is 5.75 Å². The highest BCUT2D eigenvalue weighted by Gasteiger charge is 2.25. The third kappa shape index (κ3) is 5.43. The number of rotatable bonds is 7. The van der Waals surface area contributed by atoms with Crippen LogP contribution in [0.2, 0.25) is 10.0 Å². The van der Waals surface area contributed by atoms with Crippen LogP contribution in [0.25, 0.3) is 0 Å². The first-order valence-electron chi connectivity index (χ1n) is 9.24. The lowest BCUT2D eigenvalue weighted by molar-refractivity contribution is 0.0860. The molecule has 4 nitrogen and oxygen atoms in total. The molecule has 0 spiro atoms. The summed E-state index contributed by atoms with van der Waals surface area (Å²) in [5.41, 5.74) is 1.59. The number of carbonyl (C=O) groups excluding carboxylic acids is 1. The van der Waals surface area contributed by atoms with Gasteiger partial charge in [-0.1, -0.05) is 54.4 Å². The Balaban J connectivity index is 1.61. The molecule has 2 aromatic rings. The Labute approximate surface area is 179 Å². The van der Waals surface area contributed by atoms with Gasteiger partial charge in [-0.15, -0.1) is 0 Å². The Kier molecular flexibility index (Phi) is 7.65. The molecule has 0 saturated heterocycles. The fourth-order valence-electron chi connectivity index (χ4n) is 2.70. The van der Waals surface area contributed by atoms with Gasteiger partial charge in [-0.2, -0.15) is 0 Å². The fourth-order valence-corrected chi connectivity index (χ4v) is 4.31. The van der Waals surface area contributed by atoms with Crippen molar-refractivity contribution in [1.82, 2.24) is 4.90 Å². The maximum Gasteiger partial charge on any atom is 0.259 e. The third-order valence-electron chi connectivity index (χ3n) is 4.29. The van der Waals surface area contributed by atoms with Gasteiger partial charge in [0.25, 0.3) is 5.91 Å². The number of ether oxygens (including phenoxy) is 1. The number of nitrogens with zero attached hydrogens (tertiary/aromatic N) is 2. The molecule has 0 atom stereocenters. The predicted molar refractivity (Wildman–Crippen MR) is 118 cm³/mol. The highest BCUT2D eigenvalue weighted by molar-refractivity contribution is 8.13. The summed E-state index contributed by atoms with van der Waals surface area (Å²) in [6.07, 6.45) is 2.11. The summed E-state index contributed by atoms with van der Waals surface area (Å²) in [5.74, 6) is 1.36. The van der Waals surface area contributed by atoms with E-state index in [9.17, 15) is 4.79 Å². The van der Waals surface area contributed by atoms with E-state index in [1.807, 2.05) is 24.3 Å². The van der Waals surface area contributed by atoms with Crippen molar-refractivity contribution < 1.29 is 9.53 Å². The van der Waals surface area contributed by atoms with Gasteiger partial charge in [-0.3, -0.25) is 14.7 Å². The largest absolute Gasteiger partial charge is 0.494 e. The van der Waals surface area contributed by atoms with E-state index in [1.54, 1.807) is 23.1 Å². The summed E-state index contributed by atoms with van der Waals surface area (Å²) >= 11 is 13.7. The first kappa shape index (κ1) is 21.0. The average Bonchev–Trinajstić information content (AvgIpc) is 3.16. The predicted octanol–water partition coefficient (Wildman–Crippen LogP) is 5.92. The number of unbranched alkanes of at least 4 members (excludes halogenated alkanes) is 1. The molecule has 0 radical (unpaired) electrons. The molecular formula is C21H22Cl2N2O2S. The summed E-state index contributed by atoms with van der Waals surface area (Å²) in [5, 5.41) is 1.95. The summed E-state index contributed by atoms with van der Waals surface area (Å²) < 4.78 is 5.66. The zero-order valence-corrected chi connectivity index (χ0v) is 18.0. The van der Waals surface area contributed by atoms with Crippen LogP contribution in [0.1, 0.15) is 35.7 Å². The van der Waals surface area contributed by atoms with Crippen molar-refractivity contribution in [3.63, 3.8) is 0 Å². The number of carbonyl (C=O) groups is 1. The van der Waals surface area contributed by atoms with Crippen molar-refractivity contribution in [1.29, 1.82) is 0 Å². The summed E-state index contributed by atoms with van der Waals surface area (Å²) in [6, 6.07) is 12.7. The molecule has 3 rings (SSSR count). The highest BCUT2D eigenvalue weighted by atomic mass is 35.5. The fraction of sp³-hybridized carbons (Fsp3) is 0.333. The van der Waals surface area contributed by atoms with Crippen LogP contribution >= 0.6 is 35.0 Å². The van der Waals surface area contributed by atoms with Crippen molar-refractivity contribution in [2.45, 2.75) is 25.5 Å². The number of halogens is 2. The molecule has 0 aromatic heterocycles. The topological polar surface area (TPSA) is 41.9 Å². The van der Waals surface area contributed by atoms with Crippen molar-refractivity contribution >= 4 is 46.0 Å². The Bertz CT molecular complexity index is 856. The van der Waals surface area contributed by atoms with E-state index < -0.39 is 0 Å². The maximum absolute atomic E-state index is 12.9. The molecule has 1 aliphatic rings. The molecule has 1 heterocycles. The first-order valence-corrected chi connectivity index (χ1v) is 11.0.